The van der Waals surface area contributed by atoms with Gasteiger partial charge in [-0.2, -0.15) is 0 Å². The third kappa shape index (κ3) is 8.79. The first-order valence-corrected chi connectivity index (χ1v) is 14.3. The third-order valence-corrected chi connectivity index (χ3v) is 7.27. The van der Waals surface area contributed by atoms with Crippen molar-refractivity contribution in [2.75, 3.05) is 6.54 Å². The number of rotatable bonds is 13. The minimum atomic E-state index is -0.259. The van der Waals surface area contributed by atoms with Gasteiger partial charge in [-0.05, 0) is 53.1 Å². The van der Waals surface area contributed by atoms with E-state index in [1.54, 1.807) is 23.7 Å². The third-order valence-electron chi connectivity index (χ3n) is 6.43. The van der Waals surface area contributed by atoms with Crippen LogP contribution in [0, 0.1) is 5.82 Å². The lowest BCUT2D eigenvalue weighted by Crippen LogP contribution is -2.26. The molecule has 208 valence electrons. The average molecular weight is 567 g/mol. The van der Waals surface area contributed by atoms with E-state index < -0.39 is 0 Å². The summed E-state index contributed by atoms with van der Waals surface area (Å²) in [4.78, 5) is 23.8. The molecule has 3 aromatic carbocycles. The molecule has 41 heavy (non-hydrogen) atoms. The molecule has 0 aliphatic carbocycles. The number of amides is 1. The summed E-state index contributed by atoms with van der Waals surface area (Å²) in [5.74, 6) is 0.353. The van der Waals surface area contributed by atoms with Crippen LogP contribution in [-0.2, 0) is 32.7 Å². The van der Waals surface area contributed by atoms with E-state index >= 15 is 0 Å². The first-order valence-electron chi connectivity index (χ1n) is 13.5. The molecular weight excluding hydrogens is 535 g/mol. The summed E-state index contributed by atoms with van der Waals surface area (Å²) in [6.07, 6.45) is 2.40. The van der Waals surface area contributed by atoms with Crippen LogP contribution in [0.1, 0.15) is 37.9 Å². The van der Waals surface area contributed by atoms with Crippen molar-refractivity contribution in [2.45, 2.75) is 32.7 Å². The molecule has 1 amide bonds. The summed E-state index contributed by atoms with van der Waals surface area (Å²) in [5.41, 5.74) is 4.57. The van der Waals surface area contributed by atoms with Gasteiger partial charge in [0.25, 0.3) is 5.91 Å². The Morgan fingerprint density at radius 2 is 1.54 bits per heavy atom. The van der Waals surface area contributed by atoms with Crippen molar-refractivity contribution in [3.05, 3.63) is 148 Å². The van der Waals surface area contributed by atoms with Crippen LogP contribution in [0.4, 0.5) is 4.39 Å². The van der Waals surface area contributed by atoms with Crippen molar-refractivity contribution in [2.24, 2.45) is 0 Å². The van der Waals surface area contributed by atoms with Crippen molar-refractivity contribution in [3.8, 4) is 5.75 Å². The van der Waals surface area contributed by atoms with Crippen molar-refractivity contribution >= 4 is 17.2 Å². The van der Waals surface area contributed by atoms with Crippen LogP contribution in [0.3, 0.4) is 0 Å². The molecule has 6 nitrogen and oxygen atoms in total. The number of nitrogens with one attached hydrogen (secondary N) is 1. The van der Waals surface area contributed by atoms with Crippen molar-refractivity contribution in [3.63, 3.8) is 0 Å². The average Bonchev–Trinajstić information content (AvgIpc) is 3.47. The van der Waals surface area contributed by atoms with Gasteiger partial charge in [-0.15, -0.1) is 11.3 Å². The van der Waals surface area contributed by atoms with E-state index in [9.17, 15) is 9.18 Å². The molecule has 0 saturated heterocycles. The van der Waals surface area contributed by atoms with Gasteiger partial charge in [0, 0.05) is 43.3 Å². The molecule has 5 rings (SSSR count). The largest absolute Gasteiger partial charge is 0.489 e. The molecule has 0 aliphatic rings. The molecule has 0 bridgehead atoms. The normalized spacial score (nSPS) is 11.0. The van der Waals surface area contributed by atoms with Crippen LogP contribution in [0.5, 0.6) is 5.75 Å². The number of thiazole rings is 1. The van der Waals surface area contributed by atoms with Gasteiger partial charge >= 0.3 is 0 Å². The van der Waals surface area contributed by atoms with Crippen molar-refractivity contribution in [1.82, 2.24) is 20.2 Å². The molecule has 5 aromatic rings. The lowest BCUT2D eigenvalue weighted by Gasteiger charge is -2.22. The van der Waals surface area contributed by atoms with E-state index in [2.05, 4.69) is 32.3 Å². The summed E-state index contributed by atoms with van der Waals surface area (Å²) in [7, 11) is 0. The number of benzene rings is 3. The Bertz CT molecular complexity index is 1510. The molecule has 1 N–H and O–H groups in total. The van der Waals surface area contributed by atoms with E-state index in [1.165, 1.54) is 23.5 Å². The molecule has 0 fully saturated rings. The van der Waals surface area contributed by atoms with Gasteiger partial charge in [0.2, 0.25) is 0 Å². The highest BCUT2D eigenvalue weighted by Gasteiger charge is 2.15. The van der Waals surface area contributed by atoms with Gasteiger partial charge in [0.15, 0.2) is 0 Å². The minimum absolute atomic E-state index is 0.195. The zero-order valence-electron chi connectivity index (χ0n) is 22.6. The lowest BCUT2D eigenvalue weighted by molar-refractivity contribution is 0.0949. The van der Waals surface area contributed by atoms with Gasteiger partial charge < -0.3 is 10.1 Å². The summed E-state index contributed by atoms with van der Waals surface area (Å²) in [6.45, 7) is 2.82. The maximum atomic E-state index is 13.5. The van der Waals surface area contributed by atoms with Crippen molar-refractivity contribution < 1.29 is 13.9 Å². The summed E-state index contributed by atoms with van der Waals surface area (Å²) in [5, 5.41) is 5.56. The van der Waals surface area contributed by atoms with Crippen molar-refractivity contribution in [1.29, 1.82) is 0 Å². The molecule has 2 aromatic heterocycles. The molecule has 0 spiro atoms. The standard InChI is InChI=1S/C33H31FN4O2S/c34-28-13-9-25(10-14-28)20-38(21-26-11-15-30(16-12-26)40-23-27-6-2-1-3-7-27)22-32-37-31(24-41-32)33(39)36-19-17-29-8-4-5-18-35-29/h1-16,18,24H,17,19-23H2,(H,36,39). The van der Waals surface area contributed by atoms with Gasteiger partial charge in [0.1, 0.15) is 28.9 Å². The van der Waals surface area contributed by atoms with Gasteiger partial charge in [-0.1, -0.05) is 60.7 Å². The number of nitrogens with zero attached hydrogens (tertiary/aromatic N) is 3. The number of pyridine rings is 1. The Balaban J connectivity index is 1.20. The number of hydrogen-bond acceptors (Lipinski definition) is 6. The minimum Gasteiger partial charge on any atom is -0.489 e. The monoisotopic (exact) mass is 566 g/mol. The first-order chi connectivity index (χ1) is 20.1. The van der Waals surface area contributed by atoms with Crippen LogP contribution in [0.2, 0.25) is 0 Å². The Morgan fingerprint density at radius 3 is 2.24 bits per heavy atom. The van der Waals surface area contributed by atoms with Crippen LogP contribution < -0.4 is 10.1 Å². The highest BCUT2D eigenvalue weighted by atomic mass is 32.1. The molecule has 0 radical (unpaired) electrons. The van der Waals surface area contributed by atoms with Gasteiger partial charge in [0.05, 0.1) is 6.54 Å². The maximum absolute atomic E-state index is 13.5. The quantitative estimate of drug-likeness (QED) is 0.178. The second kappa shape index (κ2) is 14.3. The van der Waals surface area contributed by atoms with E-state index in [1.807, 2.05) is 60.7 Å². The maximum Gasteiger partial charge on any atom is 0.270 e. The SMILES string of the molecule is O=C(NCCc1ccccn1)c1csc(CN(Cc2ccc(F)cc2)Cc2ccc(OCc3ccccc3)cc2)n1. The fraction of sp³-hybridized carbons (Fsp3) is 0.182. The zero-order valence-corrected chi connectivity index (χ0v) is 23.4. The summed E-state index contributed by atoms with van der Waals surface area (Å²) in [6, 6.07) is 30.4. The Morgan fingerprint density at radius 1 is 0.829 bits per heavy atom. The van der Waals surface area contributed by atoms with Crippen LogP contribution in [0.25, 0.3) is 0 Å². The van der Waals surface area contributed by atoms with E-state index in [-0.39, 0.29) is 11.7 Å². The first kappa shape index (κ1) is 28.1. The highest BCUT2D eigenvalue weighted by molar-refractivity contribution is 7.09. The Labute approximate surface area is 243 Å². The highest BCUT2D eigenvalue weighted by Crippen LogP contribution is 2.20. The lowest BCUT2D eigenvalue weighted by atomic mass is 10.1. The number of aromatic nitrogens is 2. The second-order valence-corrected chi connectivity index (χ2v) is 10.6. The molecule has 0 saturated carbocycles. The fourth-order valence-corrected chi connectivity index (χ4v) is 5.14. The predicted octanol–water partition coefficient (Wildman–Crippen LogP) is 6.43. The van der Waals surface area contributed by atoms with Crippen LogP contribution in [0.15, 0.2) is 109 Å². The van der Waals surface area contributed by atoms with Gasteiger partial charge in [-0.3, -0.25) is 14.7 Å². The molecular formula is C33H31FN4O2S. The summed E-state index contributed by atoms with van der Waals surface area (Å²) < 4.78 is 19.4. The van der Waals surface area contributed by atoms with E-state index in [0.717, 1.165) is 33.1 Å². The molecule has 0 aliphatic heterocycles. The topological polar surface area (TPSA) is 67.4 Å². The van der Waals surface area contributed by atoms with Crippen LogP contribution >= 0.6 is 11.3 Å². The predicted molar refractivity (Wildman–Crippen MR) is 159 cm³/mol. The molecule has 8 heteroatoms. The smallest absolute Gasteiger partial charge is 0.270 e. The summed E-state index contributed by atoms with van der Waals surface area (Å²) >= 11 is 1.46. The van der Waals surface area contributed by atoms with E-state index in [4.69, 9.17) is 4.74 Å². The zero-order chi connectivity index (χ0) is 28.3. The molecule has 0 atom stereocenters. The van der Waals surface area contributed by atoms with Crippen LogP contribution in [-0.4, -0.2) is 27.3 Å². The number of hydrogen-bond donors (Lipinski definition) is 1. The molecule has 0 unspecified atom stereocenters. The number of halogens is 1. The molecule has 2 heterocycles. The fourth-order valence-electron chi connectivity index (χ4n) is 4.33. The van der Waals surface area contributed by atoms with E-state index in [0.29, 0.717) is 44.9 Å². The second-order valence-electron chi connectivity index (χ2n) is 9.64. The number of ether oxygens (including phenoxy) is 1. The van der Waals surface area contributed by atoms with Gasteiger partial charge in [-0.25, -0.2) is 9.37 Å². The Kier molecular flexibility index (Phi) is 9.81. The number of carbonyl (C=O) groups excluding carboxylic acids is 1. The Hall–Kier alpha value is -4.40. The number of carbonyl (C=O) groups is 1.